The topological polar surface area (TPSA) is 69.9 Å². The number of benzene rings is 4. The number of hydrogen-bond acceptors (Lipinski definition) is 7. The third kappa shape index (κ3) is 7.41. The fraction of sp³-hybridized carbons (Fsp3) is 0.139. The Balaban J connectivity index is 1.55. The molecule has 2 heterocycles. The van der Waals surface area contributed by atoms with E-state index < -0.39 is 12.0 Å². The van der Waals surface area contributed by atoms with E-state index in [9.17, 15) is 9.59 Å². The van der Waals surface area contributed by atoms with Gasteiger partial charge in [0.2, 0.25) is 0 Å². The van der Waals surface area contributed by atoms with Crippen molar-refractivity contribution in [2.45, 2.75) is 24.5 Å². The number of carbonyl (C=O) groups excluding carboxylic acids is 1. The number of fused-ring (bicyclic) bond motifs is 1. The van der Waals surface area contributed by atoms with Gasteiger partial charge in [-0.15, -0.1) is 11.8 Å². The molecule has 6 nitrogen and oxygen atoms in total. The lowest BCUT2D eigenvalue weighted by molar-refractivity contribution is -0.138. The zero-order valence-corrected chi connectivity index (χ0v) is 31.9. The van der Waals surface area contributed by atoms with E-state index in [1.165, 1.54) is 11.3 Å². The maximum atomic E-state index is 14.4. The summed E-state index contributed by atoms with van der Waals surface area (Å²) in [7, 11) is 0. The second-order valence-electron chi connectivity index (χ2n) is 10.4. The number of aromatic nitrogens is 1. The van der Waals surface area contributed by atoms with Gasteiger partial charge < -0.3 is 9.47 Å². The largest absolute Gasteiger partial charge is 0.487 e. The lowest BCUT2D eigenvalue weighted by atomic mass is 9.93. The molecule has 0 saturated carbocycles. The molecular weight excluding hydrogens is 878 g/mol. The van der Waals surface area contributed by atoms with Crippen molar-refractivity contribution >= 4 is 97.6 Å². The van der Waals surface area contributed by atoms with E-state index >= 15 is 0 Å². The molecule has 0 aliphatic carbocycles. The summed E-state index contributed by atoms with van der Waals surface area (Å²) >= 11 is 13.5. The Hall–Kier alpha value is -2.91. The Labute approximate surface area is 312 Å². The molecule has 1 aliphatic rings. The lowest BCUT2D eigenvalue weighted by Crippen LogP contribution is -2.40. The Morgan fingerprint density at radius 1 is 1.04 bits per heavy atom. The molecule has 0 saturated heterocycles. The second-order valence-corrected chi connectivity index (χ2v) is 15.2. The Bertz CT molecular complexity index is 2160. The van der Waals surface area contributed by atoms with E-state index in [0.29, 0.717) is 38.0 Å². The van der Waals surface area contributed by atoms with E-state index in [-0.39, 0.29) is 12.2 Å². The molecule has 1 aliphatic heterocycles. The van der Waals surface area contributed by atoms with Crippen molar-refractivity contribution in [1.82, 2.24) is 4.57 Å². The van der Waals surface area contributed by atoms with Gasteiger partial charge in [0.25, 0.3) is 5.56 Å². The van der Waals surface area contributed by atoms with Gasteiger partial charge in [-0.2, -0.15) is 0 Å². The number of halogens is 3. The number of thiazole rings is 1. The van der Waals surface area contributed by atoms with Crippen LogP contribution in [0.1, 0.15) is 35.2 Å². The number of hydrogen-bond donors (Lipinski definition) is 0. The molecule has 1 atom stereocenters. The van der Waals surface area contributed by atoms with Crippen molar-refractivity contribution in [1.29, 1.82) is 0 Å². The molecule has 238 valence electrons. The quantitative estimate of drug-likeness (QED) is 0.0851. The minimum atomic E-state index is -0.741. The predicted molar refractivity (Wildman–Crippen MR) is 207 cm³/mol. The van der Waals surface area contributed by atoms with Gasteiger partial charge in [-0.25, -0.2) is 9.79 Å². The SMILES string of the molecule is CCOC(=O)C1=C(c2ccccc2)N=c2s/c(=C\c3cc(I)cc(I)c3OCc3ccc(Cl)cc3)c(=O)n2[C@@H]1c1ccc(SC)cc1. The van der Waals surface area contributed by atoms with E-state index in [0.717, 1.165) is 34.3 Å². The normalized spacial score (nSPS) is 14.5. The highest BCUT2D eigenvalue weighted by atomic mass is 127. The highest BCUT2D eigenvalue weighted by molar-refractivity contribution is 14.1. The van der Waals surface area contributed by atoms with Crippen molar-refractivity contribution < 1.29 is 14.3 Å². The molecule has 0 unspecified atom stereocenters. The highest BCUT2D eigenvalue weighted by Crippen LogP contribution is 2.36. The van der Waals surface area contributed by atoms with Gasteiger partial charge in [-0.3, -0.25) is 9.36 Å². The summed E-state index contributed by atoms with van der Waals surface area (Å²) in [5.74, 6) is 0.168. The molecule has 0 radical (unpaired) electrons. The molecule has 5 aromatic rings. The van der Waals surface area contributed by atoms with E-state index in [1.807, 2.05) is 103 Å². The number of nitrogens with zero attached hydrogens (tertiary/aromatic N) is 2. The average molecular weight is 905 g/mol. The highest BCUT2D eigenvalue weighted by Gasteiger charge is 2.35. The summed E-state index contributed by atoms with van der Waals surface area (Å²) in [6.45, 7) is 2.30. The number of thioether (sulfide) groups is 1. The smallest absolute Gasteiger partial charge is 0.338 e. The van der Waals surface area contributed by atoms with Crippen molar-refractivity contribution in [3.63, 3.8) is 0 Å². The van der Waals surface area contributed by atoms with Crippen LogP contribution in [-0.2, 0) is 16.1 Å². The maximum absolute atomic E-state index is 14.4. The standard InChI is InChI=1S/C36H27ClI2N2O4S2/c1-3-44-35(43)30-31(22-7-5-4-6-8-22)40-36-41(32(30)23-11-15-27(46-2)16-12-23)34(42)29(47-36)18-24-17-26(38)19-28(39)33(24)45-20-21-9-13-25(37)14-10-21/h4-19,32H,3,20H2,1-2H3/b29-18-/t32-/m1/s1. The first-order chi connectivity index (χ1) is 22.8. The monoisotopic (exact) mass is 904 g/mol. The summed E-state index contributed by atoms with van der Waals surface area (Å²) in [4.78, 5) is 34.7. The van der Waals surface area contributed by atoms with Crippen LogP contribution in [0.2, 0.25) is 5.02 Å². The molecule has 6 rings (SSSR count). The summed E-state index contributed by atoms with van der Waals surface area (Å²) in [6.07, 6.45) is 3.87. The Morgan fingerprint density at radius 2 is 1.77 bits per heavy atom. The summed E-state index contributed by atoms with van der Waals surface area (Å²) in [5, 5.41) is 0.661. The Morgan fingerprint density at radius 3 is 2.45 bits per heavy atom. The van der Waals surface area contributed by atoms with Crippen LogP contribution in [-0.4, -0.2) is 23.4 Å². The molecular formula is C36H27ClI2N2O4S2. The maximum Gasteiger partial charge on any atom is 0.338 e. The van der Waals surface area contributed by atoms with Crippen LogP contribution >= 0.6 is 79.9 Å². The average Bonchev–Trinajstić information content (AvgIpc) is 3.38. The summed E-state index contributed by atoms with van der Waals surface area (Å²) in [5.41, 5.74) is 3.87. The summed E-state index contributed by atoms with van der Waals surface area (Å²) in [6, 6.07) is 28.3. The molecule has 0 amide bonds. The second kappa shape index (κ2) is 15.1. The van der Waals surface area contributed by atoms with Crippen LogP contribution in [0, 0.1) is 7.14 Å². The first-order valence-corrected chi connectivity index (χ1v) is 19.1. The minimum Gasteiger partial charge on any atom is -0.487 e. The molecule has 11 heteroatoms. The third-order valence-electron chi connectivity index (χ3n) is 7.43. The van der Waals surface area contributed by atoms with Crippen LogP contribution in [0.4, 0.5) is 0 Å². The van der Waals surface area contributed by atoms with Gasteiger partial charge in [0.1, 0.15) is 12.4 Å². The summed E-state index contributed by atoms with van der Waals surface area (Å²) < 4.78 is 16.0. The molecule has 47 heavy (non-hydrogen) atoms. The van der Waals surface area contributed by atoms with Crippen LogP contribution in [0.15, 0.2) is 111 Å². The van der Waals surface area contributed by atoms with Gasteiger partial charge in [0, 0.05) is 24.6 Å². The zero-order chi connectivity index (χ0) is 33.1. The van der Waals surface area contributed by atoms with Gasteiger partial charge in [0.05, 0.1) is 32.0 Å². The number of carbonyl (C=O) groups is 1. The number of ether oxygens (including phenoxy) is 2. The molecule has 0 spiro atoms. The fourth-order valence-corrected chi connectivity index (χ4v) is 8.83. The van der Waals surface area contributed by atoms with Crippen molar-refractivity contribution in [3.05, 3.63) is 151 Å². The van der Waals surface area contributed by atoms with Crippen LogP contribution in [0.5, 0.6) is 5.75 Å². The molecule has 0 N–H and O–H groups in total. The molecule has 4 aromatic carbocycles. The number of esters is 1. The van der Waals surface area contributed by atoms with Gasteiger partial charge in [-0.05, 0) is 112 Å². The first kappa shape index (κ1) is 34.0. The zero-order valence-electron chi connectivity index (χ0n) is 25.2. The van der Waals surface area contributed by atoms with Crippen molar-refractivity contribution in [2.75, 3.05) is 12.9 Å². The van der Waals surface area contributed by atoms with E-state index in [2.05, 4.69) is 45.2 Å². The van der Waals surface area contributed by atoms with Crippen LogP contribution < -0.4 is 19.6 Å². The van der Waals surface area contributed by atoms with Gasteiger partial charge in [0.15, 0.2) is 4.80 Å². The van der Waals surface area contributed by atoms with Crippen molar-refractivity contribution in [2.24, 2.45) is 4.99 Å². The predicted octanol–water partition coefficient (Wildman–Crippen LogP) is 8.10. The number of rotatable bonds is 9. The molecule has 0 bridgehead atoms. The lowest BCUT2D eigenvalue weighted by Gasteiger charge is -2.26. The Kier molecular flexibility index (Phi) is 10.9. The first-order valence-electron chi connectivity index (χ1n) is 14.6. The third-order valence-corrected chi connectivity index (χ3v) is 10.8. The van der Waals surface area contributed by atoms with Crippen molar-refractivity contribution in [3.8, 4) is 5.75 Å². The van der Waals surface area contributed by atoms with Crippen LogP contribution in [0.25, 0.3) is 11.8 Å². The van der Waals surface area contributed by atoms with E-state index in [4.69, 9.17) is 26.1 Å². The van der Waals surface area contributed by atoms with Gasteiger partial charge >= 0.3 is 5.97 Å². The van der Waals surface area contributed by atoms with Crippen LogP contribution in [0.3, 0.4) is 0 Å². The molecule has 1 aromatic heterocycles. The van der Waals surface area contributed by atoms with Gasteiger partial charge in [-0.1, -0.05) is 77.5 Å². The fourth-order valence-electron chi connectivity index (χ4n) is 5.26. The minimum absolute atomic E-state index is 0.191. The van der Waals surface area contributed by atoms with E-state index in [1.54, 1.807) is 23.3 Å². The molecule has 0 fully saturated rings.